The molecule has 1 amide bonds. The highest BCUT2D eigenvalue weighted by Gasteiger charge is 2.23. The van der Waals surface area contributed by atoms with Crippen molar-refractivity contribution in [1.82, 2.24) is 9.88 Å². The molecule has 7 heteroatoms. The fourth-order valence-corrected chi connectivity index (χ4v) is 2.74. The molecule has 0 aliphatic carbocycles. The van der Waals surface area contributed by atoms with Gasteiger partial charge in [-0.1, -0.05) is 0 Å². The van der Waals surface area contributed by atoms with E-state index >= 15 is 0 Å². The molecule has 0 radical (unpaired) electrons. The van der Waals surface area contributed by atoms with Gasteiger partial charge in [-0.05, 0) is 12.8 Å². The molecule has 2 rings (SSSR count). The van der Waals surface area contributed by atoms with Crippen LogP contribution in [0.1, 0.15) is 40.9 Å². The zero-order valence-electron chi connectivity index (χ0n) is 10.7. The molecule has 1 aliphatic rings. The van der Waals surface area contributed by atoms with E-state index in [1.165, 1.54) is 16.2 Å². The summed E-state index contributed by atoms with van der Waals surface area (Å²) >= 11 is 1.42. The molecule has 1 aliphatic heterocycles. The minimum Gasteiger partial charge on any atom is -0.481 e. The van der Waals surface area contributed by atoms with Crippen molar-refractivity contribution in [3.05, 3.63) is 16.1 Å². The molecule has 1 fully saturated rings. The van der Waals surface area contributed by atoms with E-state index in [9.17, 15) is 9.59 Å². The molecule has 1 aromatic rings. The van der Waals surface area contributed by atoms with Crippen LogP contribution in [0.25, 0.3) is 0 Å². The predicted octanol–water partition coefficient (Wildman–Crippen LogP) is 1.54. The number of carboxylic acid groups (broad SMARTS) is 1. The van der Waals surface area contributed by atoms with Gasteiger partial charge in [-0.15, -0.1) is 11.3 Å². The van der Waals surface area contributed by atoms with Crippen LogP contribution in [0, 0.1) is 0 Å². The first kappa shape index (κ1) is 14.0. The van der Waals surface area contributed by atoms with E-state index in [4.69, 9.17) is 9.84 Å². The average Bonchev–Trinajstić information content (AvgIpc) is 3.04. The highest BCUT2D eigenvalue weighted by molar-refractivity contribution is 7.09. The predicted molar refractivity (Wildman–Crippen MR) is 69.3 cm³/mol. The molecule has 6 nitrogen and oxygen atoms in total. The molecule has 19 heavy (non-hydrogen) atoms. The number of hydrogen-bond acceptors (Lipinski definition) is 5. The number of nitrogens with zero attached hydrogens (tertiary/aromatic N) is 2. The van der Waals surface area contributed by atoms with Crippen molar-refractivity contribution in [2.45, 2.75) is 25.4 Å². The second kappa shape index (κ2) is 6.12. The van der Waals surface area contributed by atoms with E-state index in [0.717, 1.165) is 24.5 Å². The molecule has 104 valence electrons. The number of thiazole rings is 1. The van der Waals surface area contributed by atoms with Gasteiger partial charge in [0.25, 0.3) is 5.91 Å². The lowest BCUT2D eigenvalue weighted by molar-refractivity contribution is -0.137. The summed E-state index contributed by atoms with van der Waals surface area (Å²) in [5, 5.41) is 11.1. The van der Waals surface area contributed by atoms with Crippen LogP contribution in [0.4, 0.5) is 0 Å². The summed E-state index contributed by atoms with van der Waals surface area (Å²) < 4.78 is 5.52. The maximum Gasteiger partial charge on any atom is 0.305 e. The first-order valence-corrected chi connectivity index (χ1v) is 7.00. The molecule has 1 aromatic heterocycles. The van der Waals surface area contributed by atoms with Crippen LogP contribution in [-0.4, -0.2) is 47.1 Å². The van der Waals surface area contributed by atoms with E-state index in [1.807, 2.05) is 0 Å². The number of ether oxygens (including phenoxy) is 1. The van der Waals surface area contributed by atoms with Crippen LogP contribution in [0.5, 0.6) is 0 Å². The van der Waals surface area contributed by atoms with Gasteiger partial charge in [-0.25, -0.2) is 4.98 Å². The van der Waals surface area contributed by atoms with Crippen molar-refractivity contribution >= 4 is 23.2 Å². The number of amides is 1. The van der Waals surface area contributed by atoms with Crippen LogP contribution >= 0.6 is 11.3 Å². The van der Waals surface area contributed by atoms with Gasteiger partial charge in [0.2, 0.25) is 0 Å². The third-order valence-electron chi connectivity index (χ3n) is 2.95. The van der Waals surface area contributed by atoms with Gasteiger partial charge in [-0.2, -0.15) is 0 Å². The number of aromatic nitrogens is 1. The number of aliphatic carboxylic acids is 1. The Morgan fingerprint density at radius 3 is 3.05 bits per heavy atom. The van der Waals surface area contributed by atoms with Crippen molar-refractivity contribution in [2.75, 3.05) is 20.2 Å². The second-order valence-electron chi connectivity index (χ2n) is 4.44. The zero-order valence-corrected chi connectivity index (χ0v) is 11.5. The Bertz CT molecular complexity index is 468. The van der Waals surface area contributed by atoms with Gasteiger partial charge in [0.15, 0.2) is 0 Å². The first-order chi connectivity index (χ1) is 9.08. The molecule has 1 atom stereocenters. The Morgan fingerprint density at radius 1 is 1.63 bits per heavy atom. The Hall–Kier alpha value is -1.47. The maximum absolute atomic E-state index is 12.0. The molecule has 1 saturated heterocycles. The standard InChI is InChI=1S/C12H16N2O4S/c1-14(5-4-10(15)16)12(17)8-7-19-11(13-8)9-3-2-6-18-9/h7,9H,2-6H2,1H3,(H,15,16). The summed E-state index contributed by atoms with van der Waals surface area (Å²) in [5.41, 5.74) is 0.364. The zero-order chi connectivity index (χ0) is 13.8. The molecule has 1 N–H and O–H groups in total. The van der Waals surface area contributed by atoms with Crippen molar-refractivity contribution < 1.29 is 19.4 Å². The Kier molecular flexibility index (Phi) is 4.49. The molecular formula is C12H16N2O4S. The fraction of sp³-hybridized carbons (Fsp3) is 0.583. The molecule has 2 heterocycles. The van der Waals surface area contributed by atoms with Crippen LogP contribution in [0.2, 0.25) is 0 Å². The molecule has 1 unspecified atom stereocenters. The maximum atomic E-state index is 12.0. The van der Waals surface area contributed by atoms with Gasteiger partial charge < -0.3 is 14.7 Å². The third kappa shape index (κ3) is 3.51. The number of carbonyl (C=O) groups excluding carboxylic acids is 1. The highest BCUT2D eigenvalue weighted by atomic mass is 32.1. The third-order valence-corrected chi connectivity index (χ3v) is 3.89. The second-order valence-corrected chi connectivity index (χ2v) is 5.33. The lowest BCUT2D eigenvalue weighted by atomic mass is 10.2. The molecule has 0 aromatic carbocycles. The number of carboxylic acids is 1. The van der Waals surface area contributed by atoms with Gasteiger partial charge in [0.1, 0.15) is 16.8 Å². The van der Waals surface area contributed by atoms with Crippen molar-refractivity contribution in [3.63, 3.8) is 0 Å². The summed E-state index contributed by atoms with van der Waals surface area (Å²) in [4.78, 5) is 28.2. The van der Waals surface area contributed by atoms with E-state index in [-0.39, 0.29) is 25.0 Å². The first-order valence-electron chi connectivity index (χ1n) is 6.12. The largest absolute Gasteiger partial charge is 0.481 e. The van der Waals surface area contributed by atoms with Gasteiger partial charge in [0, 0.05) is 25.6 Å². The smallest absolute Gasteiger partial charge is 0.305 e. The summed E-state index contributed by atoms with van der Waals surface area (Å²) in [6.07, 6.45) is 1.91. The van der Waals surface area contributed by atoms with Gasteiger partial charge in [-0.3, -0.25) is 9.59 Å². The van der Waals surface area contributed by atoms with E-state index in [0.29, 0.717) is 5.69 Å². The highest BCUT2D eigenvalue weighted by Crippen LogP contribution is 2.30. The fourth-order valence-electron chi connectivity index (χ4n) is 1.87. The van der Waals surface area contributed by atoms with Crippen LogP contribution in [0.3, 0.4) is 0 Å². The summed E-state index contributed by atoms with van der Waals surface area (Å²) in [5.74, 6) is -1.17. The SMILES string of the molecule is CN(CCC(=O)O)C(=O)c1csc(C2CCCO2)n1. The number of rotatable bonds is 5. The Morgan fingerprint density at radius 2 is 2.42 bits per heavy atom. The molecular weight excluding hydrogens is 268 g/mol. The summed E-state index contributed by atoms with van der Waals surface area (Å²) in [7, 11) is 1.58. The van der Waals surface area contributed by atoms with Gasteiger partial charge in [0.05, 0.1) is 6.42 Å². The molecule has 0 spiro atoms. The van der Waals surface area contributed by atoms with E-state index in [1.54, 1.807) is 12.4 Å². The summed E-state index contributed by atoms with van der Waals surface area (Å²) in [6.45, 7) is 0.924. The van der Waals surface area contributed by atoms with Crippen LogP contribution in [0.15, 0.2) is 5.38 Å². The van der Waals surface area contributed by atoms with E-state index in [2.05, 4.69) is 4.98 Å². The topological polar surface area (TPSA) is 79.7 Å². The Labute approximate surface area is 115 Å². The van der Waals surface area contributed by atoms with Gasteiger partial charge >= 0.3 is 5.97 Å². The number of hydrogen-bond donors (Lipinski definition) is 1. The summed E-state index contributed by atoms with van der Waals surface area (Å²) in [6, 6.07) is 0. The average molecular weight is 284 g/mol. The Balaban J connectivity index is 1.97. The van der Waals surface area contributed by atoms with E-state index < -0.39 is 5.97 Å². The molecule has 0 bridgehead atoms. The van der Waals surface area contributed by atoms with Crippen LogP contribution in [-0.2, 0) is 9.53 Å². The van der Waals surface area contributed by atoms with Crippen molar-refractivity contribution in [2.24, 2.45) is 0 Å². The number of carbonyl (C=O) groups is 2. The quantitative estimate of drug-likeness (QED) is 0.887. The monoisotopic (exact) mass is 284 g/mol. The lowest BCUT2D eigenvalue weighted by Gasteiger charge is -2.14. The molecule has 0 saturated carbocycles. The van der Waals surface area contributed by atoms with Crippen molar-refractivity contribution in [1.29, 1.82) is 0 Å². The van der Waals surface area contributed by atoms with Crippen LogP contribution < -0.4 is 0 Å². The van der Waals surface area contributed by atoms with Crippen molar-refractivity contribution in [3.8, 4) is 0 Å². The lowest BCUT2D eigenvalue weighted by Crippen LogP contribution is -2.29. The minimum absolute atomic E-state index is 0.0101. The normalized spacial score (nSPS) is 18.5. The minimum atomic E-state index is -0.919.